The maximum absolute atomic E-state index is 8.90. The van der Waals surface area contributed by atoms with E-state index in [9.17, 15) is 0 Å². The van der Waals surface area contributed by atoms with E-state index in [4.69, 9.17) is 26.1 Å². The van der Waals surface area contributed by atoms with Crippen LogP contribution in [0.15, 0.2) is 16.8 Å². The Bertz CT molecular complexity index is 721. The van der Waals surface area contributed by atoms with Crippen LogP contribution in [-0.4, -0.2) is 28.3 Å². The molecule has 8 heteroatoms. The number of hydrogen-bond donors (Lipinski definition) is 1. The molecule has 3 heterocycles. The topological polar surface area (TPSA) is 96.9 Å². The van der Waals surface area contributed by atoms with Gasteiger partial charge in [-0.05, 0) is 31.7 Å². The molecule has 0 unspecified atom stereocenters. The van der Waals surface area contributed by atoms with Gasteiger partial charge in [-0.3, -0.25) is 0 Å². The van der Waals surface area contributed by atoms with Gasteiger partial charge in [0.15, 0.2) is 5.82 Å². The largest absolute Gasteiger partial charge is 0.381 e. The van der Waals surface area contributed by atoms with Gasteiger partial charge in [0.1, 0.15) is 17.9 Å². The molecule has 120 valence electrons. The van der Waals surface area contributed by atoms with Crippen molar-refractivity contribution in [2.45, 2.75) is 25.8 Å². The van der Waals surface area contributed by atoms with Crippen LogP contribution in [-0.2, 0) is 4.74 Å². The molecule has 1 N–H and O–H groups in total. The van der Waals surface area contributed by atoms with E-state index in [-0.39, 0.29) is 12.0 Å². The normalized spacial score (nSPS) is 16.7. The van der Waals surface area contributed by atoms with Gasteiger partial charge < -0.3 is 14.6 Å². The van der Waals surface area contributed by atoms with Crippen molar-refractivity contribution < 1.29 is 9.26 Å². The van der Waals surface area contributed by atoms with Crippen LogP contribution in [0, 0.1) is 24.2 Å². The predicted molar refractivity (Wildman–Crippen MR) is 82.9 cm³/mol. The van der Waals surface area contributed by atoms with Gasteiger partial charge in [-0.25, -0.2) is 4.98 Å². The minimum absolute atomic E-state index is 0.196. The van der Waals surface area contributed by atoms with E-state index < -0.39 is 0 Å². The molecule has 0 bridgehead atoms. The summed E-state index contributed by atoms with van der Waals surface area (Å²) in [6.07, 6.45) is 3.24. The van der Waals surface area contributed by atoms with Crippen LogP contribution in [0.2, 0.25) is 5.02 Å². The molecule has 7 nitrogen and oxygen atoms in total. The summed E-state index contributed by atoms with van der Waals surface area (Å²) in [6, 6.07) is 3.40. The van der Waals surface area contributed by atoms with E-state index in [1.165, 1.54) is 6.20 Å². The van der Waals surface area contributed by atoms with E-state index in [0.717, 1.165) is 12.8 Å². The average molecular weight is 334 g/mol. The van der Waals surface area contributed by atoms with Crippen molar-refractivity contribution in [2.75, 3.05) is 18.5 Å². The molecule has 1 saturated heterocycles. The first-order valence-electron chi connectivity index (χ1n) is 7.37. The molecular weight excluding hydrogens is 318 g/mol. The number of aromatic nitrogens is 3. The number of halogens is 1. The lowest BCUT2D eigenvalue weighted by molar-refractivity contribution is 0.0571. The molecule has 0 aliphatic carbocycles. The number of anilines is 1. The zero-order chi connectivity index (χ0) is 16.2. The van der Waals surface area contributed by atoms with Crippen LogP contribution in [0.4, 0.5) is 5.82 Å². The van der Waals surface area contributed by atoms with E-state index in [2.05, 4.69) is 20.4 Å². The first-order valence-corrected chi connectivity index (χ1v) is 7.75. The molecule has 2 aromatic rings. The van der Waals surface area contributed by atoms with Gasteiger partial charge in [0.2, 0.25) is 5.89 Å². The molecule has 1 atom stereocenters. The van der Waals surface area contributed by atoms with Gasteiger partial charge in [-0.15, -0.1) is 0 Å². The molecule has 3 rings (SSSR count). The quantitative estimate of drug-likeness (QED) is 0.918. The third kappa shape index (κ3) is 3.60. The lowest BCUT2D eigenvalue weighted by Gasteiger charge is -2.29. The Morgan fingerprint density at radius 1 is 1.43 bits per heavy atom. The van der Waals surface area contributed by atoms with Crippen LogP contribution in [0.1, 0.15) is 36.2 Å². The number of rotatable bonds is 4. The van der Waals surface area contributed by atoms with Crippen LogP contribution < -0.4 is 5.32 Å². The Kier molecular flexibility index (Phi) is 4.74. The van der Waals surface area contributed by atoms with Gasteiger partial charge in [-0.1, -0.05) is 16.8 Å². The Morgan fingerprint density at radius 3 is 2.83 bits per heavy atom. The first-order chi connectivity index (χ1) is 11.2. The zero-order valence-corrected chi connectivity index (χ0v) is 13.4. The number of nitrogens with zero attached hydrogens (tertiary/aromatic N) is 4. The molecule has 2 aromatic heterocycles. The van der Waals surface area contributed by atoms with Crippen molar-refractivity contribution in [2.24, 2.45) is 5.92 Å². The summed E-state index contributed by atoms with van der Waals surface area (Å²) in [6.45, 7) is 3.18. The van der Waals surface area contributed by atoms with E-state index in [1.807, 2.05) is 6.07 Å². The molecule has 0 spiro atoms. The van der Waals surface area contributed by atoms with Gasteiger partial charge in [0, 0.05) is 19.4 Å². The summed E-state index contributed by atoms with van der Waals surface area (Å²) in [7, 11) is 0. The van der Waals surface area contributed by atoms with E-state index in [1.54, 1.807) is 13.0 Å². The molecule has 1 aliphatic rings. The second kappa shape index (κ2) is 6.94. The Balaban J connectivity index is 1.88. The number of ether oxygens (including phenoxy) is 1. The van der Waals surface area contributed by atoms with Crippen LogP contribution >= 0.6 is 11.6 Å². The monoisotopic (exact) mass is 333 g/mol. The van der Waals surface area contributed by atoms with Gasteiger partial charge in [0.05, 0.1) is 10.6 Å². The van der Waals surface area contributed by atoms with Crippen LogP contribution in [0.3, 0.4) is 0 Å². The number of hydrogen-bond acceptors (Lipinski definition) is 7. The Morgan fingerprint density at radius 2 is 2.22 bits per heavy atom. The summed E-state index contributed by atoms with van der Waals surface area (Å²) in [4.78, 5) is 8.57. The fourth-order valence-corrected chi connectivity index (χ4v) is 2.84. The highest BCUT2D eigenvalue weighted by atomic mass is 35.5. The number of aryl methyl sites for hydroxylation is 1. The van der Waals surface area contributed by atoms with Gasteiger partial charge in [-0.2, -0.15) is 10.2 Å². The molecule has 0 radical (unpaired) electrons. The summed E-state index contributed by atoms with van der Waals surface area (Å²) >= 11 is 6.22. The van der Waals surface area contributed by atoms with E-state index in [0.29, 0.717) is 41.3 Å². The van der Waals surface area contributed by atoms with Gasteiger partial charge in [0.25, 0.3) is 0 Å². The standard InChI is InChI=1S/C15H16ClN5O2/c1-9-19-15(23-21-9)13(11-2-4-22-5-3-11)20-14-12(16)6-10(7-17)8-18-14/h6,8,11,13H,2-5H2,1H3,(H,18,20)/t13-/m1/s1. The fourth-order valence-electron chi connectivity index (χ4n) is 2.62. The maximum Gasteiger partial charge on any atom is 0.249 e. The highest BCUT2D eigenvalue weighted by Gasteiger charge is 2.30. The fraction of sp³-hybridized carbons (Fsp3) is 0.467. The SMILES string of the molecule is Cc1noc([C@H](Nc2ncc(C#N)cc2Cl)C2CCOCC2)n1. The predicted octanol–water partition coefficient (Wildman–Crippen LogP) is 2.88. The highest BCUT2D eigenvalue weighted by Crippen LogP contribution is 2.33. The van der Waals surface area contributed by atoms with Crippen molar-refractivity contribution in [1.82, 2.24) is 15.1 Å². The summed E-state index contributed by atoms with van der Waals surface area (Å²) in [5.74, 6) is 1.87. The zero-order valence-electron chi connectivity index (χ0n) is 12.6. The molecule has 0 aromatic carbocycles. The van der Waals surface area contributed by atoms with Crippen molar-refractivity contribution in [3.05, 3.63) is 34.6 Å². The number of pyridine rings is 1. The van der Waals surface area contributed by atoms with Gasteiger partial charge >= 0.3 is 0 Å². The highest BCUT2D eigenvalue weighted by molar-refractivity contribution is 6.33. The smallest absolute Gasteiger partial charge is 0.249 e. The summed E-state index contributed by atoms with van der Waals surface area (Å²) < 4.78 is 10.8. The van der Waals surface area contributed by atoms with Crippen molar-refractivity contribution in [1.29, 1.82) is 5.26 Å². The second-order valence-electron chi connectivity index (χ2n) is 5.42. The molecule has 23 heavy (non-hydrogen) atoms. The molecule has 0 amide bonds. The molecular formula is C15H16ClN5O2. The van der Waals surface area contributed by atoms with Crippen LogP contribution in [0.25, 0.3) is 0 Å². The third-order valence-electron chi connectivity index (χ3n) is 3.81. The van der Waals surface area contributed by atoms with Crippen molar-refractivity contribution in [3.63, 3.8) is 0 Å². The minimum Gasteiger partial charge on any atom is -0.381 e. The summed E-state index contributed by atoms with van der Waals surface area (Å²) in [5.41, 5.74) is 0.414. The average Bonchev–Trinajstić information content (AvgIpc) is 3.00. The Labute approximate surface area is 138 Å². The third-order valence-corrected chi connectivity index (χ3v) is 4.10. The van der Waals surface area contributed by atoms with Crippen molar-refractivity contribution >= 4 is 17.4 Å². The Hall–Kier alpha value is -2.17. The van der Waals surface area contributed by atoms with Crippen molar-refractivity contribution in [3.8, 4) is 6.07 Å². The first kappa shape index (κ1) is 15.7. The molecule has 1 fully saturated rings. The molecule has 0 saturated carbocycles. The maximum atomic E-state index is 8.90. The van der Waals surface area contributed by atoms with E-state index >= 15 is 0 Å². The lowest BCUT2D eigenvalue weighted by atomic mass is 9.91. The lowest BCUT2D eigenvalue weighted by Crippen LogP contribution is -2.27. The molecule has 1 aliphatic heterocycles. The van der Waals surface area contributed by atoms with Crippen LogP contribution in [0.5, 0.6) is 0 Å². The number of nitrogens with one attached hydrogen (secondary N) is 1. The minimum atomic E-state index is -0.196. The number of nitriles is 1. The summed E-state index contributed by atoms with van der Waals surface area (Å²) in [5, 5.41) is 16.5. The second-order valence-corrected chi connectivity index (χ2v) is 5.83.